The number of carboxylic acid groups (broad SMARTS) is 2. The van der Waals surface area contributed by atoms with E-state index in [0.29, 0.717) is 32.2 Å². The Morgan fingerprint density at radius 1 is 0.432 bits per heavy atom. The minimum absolute atomic E-state index is 0.00672. The van der Waals surface area contributed by atoms with Crippen molar-refractivity contribution in [3.05, 3.63) is 95.1 Å². The molecular formula is C54H69N11O16. The number of hydrogen-bond donors (Lipinski definition) is 13. The highest BCUT2D eigenvalue weighted by Crippen LogP contribution is 2.28. The predicted molar refractivity (Wildman–Crippen MR) is 296 cm³/mol. The molecule has 0 spiro atoms. The lowest BCUT2D eigenvalue weighted by Gasteiger charge is -2.21. The molecule has 8 amide bonds. The Labute approximate surface area is 465 Å². The van der Waals surface area contributed by atoms with Crippen LogP contribution < -0.4 is 79.1 Å². The Morgan fingerprint density at radius 2 is 0.728 bits per heavy atom. The highest BCUT2D eigenvalue weighted by atomic mass is 16.5. The van der Waals surface area contributed by atoms with Gasteiger partial charge in [0.2, 0.25) is 23.6 Å². The lowest BCUT2D eigenvalue weighted by Crippen LogP contribution is -2.44. The molecule has 0 aliphatic rings. The Morgan fingerprint density at radius 3 is 1.04 bits per heavy atom. The van der Waals surface area contributed by atoms with Gasteiger partial charge in [-0.25, -0.2) is 0 Å². The number of unbranched alkanes of at least 4 members (excludes halogenated alkanes) is 2. The molecule has 0 bridgehead atoms. The van der Waals surface area contributed by atoms with E-state index in [2.05, 4.69) is 37.2 Å². The minimum Gasteiger partial charge on any atom is -0.496 e. The third-order valence-electron chi connectivity index (χ3n) is 12.3. The third kappa shape index (κ3) is 19.5. The highest BCUT2D eigenvalue weighted by molar-refractivity contribution is 6.07. The standard InChI is InChI=1S/C54H69N11O16/c1-78-41-17-11-29(25-33(41)47(58)70)60-54(77)40(16-22-46(68)69)65-50(73)36-28-32(14-20-44(36)81-4)62-53(76)39(10-6-8-24-56)64-49(72)35-27-31(13-19-43(35)80-3)61-52(75)38(9-5-7-23-55)63-48(71)34-26-30(12-18-42(34)79-2)59-51(74)37(57)15-21-45(66)67/h11-14,17-20,25-28,37-40H,5-10,15-16,21-24,55-57H2,1-4H3,(H2,58,70)(H,59,74)(H,60,77)(H,61,75)(H,62,76)(H,63,71)(H,64,72)(H,65,73)(H,66,67)(H,68,69)/t37-,38-,39-,40-/m0/s1. The molecule has 4 atom stereocenters. The van der Waals surface area contributed by atoms with Gasteiger partial charge in [0.05, 0.1) is 56.7 Å². The summed E-state index contributed by atoms with van der Waals surface area (Å²) in [6, 6.07) is 11.4. The quantitative estimate of drug-likeness (QED) is 0.0304. The van der Waals surface area contributed by atoms with Gasteiger partial charge in [-0.3, -0.25) is 47.9 Å². The fraction of sp³-hybridized carbons (Fsp3) is 0.370. The number of methoxy groups -OCH3 is 4. The van der Waals surface area contributed by atoms with E-state index in [0.717, 1.165) is 0 Å². The topological polar surface area (TPSA) is 436 Å². The van der Waals surface area contributed by atoms with Crippen LogP contribution in [0.4, 0.5) is 22.7 Å². The van der Waals surface area contributed by atoms with Crippen LogP contribution in [0.2, 0.25) is 0 Å². The van der Waals surface area contributed by atoms with Crippen LogP contribution in [-0.2, 0) is 28.8 Å². The normalized spacial score (nSPS) is 12.2. The summed E-state index contributed by atoms with van der Waals surface area (Å²) >= 11 is 0. The fourth-order valence-corrected chi connectivity index (χ4v) is 7.97. The van der Waals surface area contributed by atoms with Crippen LogP contribution in [0.25, 0.3) is 0 Å². The van der Waals surface area contributed by atoms with Gasteiger partial charge in [-0.15, -0.1) is 0 Å². The molecule has 0 fully saturated rings. The molecule has 0 saturated carbocycles. The Kier molecular flexibility index (Phi) is 25.3. The number of benzene rings is 4. The summed E-state index contributed by atoms with van der Waals surface area (Å²) in [6.07, 6.45) is 0.589. The van der Waals surface area contributed by atoms with E-state index in [-0.39, 0.29) is 107 Å². The maximum atomic E-state index is 14.2. The van der Waals surface area contributed by atoms with E-state index in [1.54, 1.807) is 0 Å². The lowest BCUT2D eigenvalue weighted by atomic mass is 10.1. The van der Waals surface area contributed by atoms with Gasteiger partial charge in [0, 0.05) is 35.6 Å². The van der Waals surface area contributed by atoms with E-state index >= 15 is 0 Å². The minimum atomic E-state index is -1.45. The maximum Gasteiger partial charge on any atom is 0.303 e. The van der Waals surface area contributed by atoms with Crippen LogP contribution in [-0.4, -0.2) is 135 Å². The van der Waals surface area contributed by atoms with E-state index in [1.807, 2.05) is 0 Å². The van der Waals surface area contributed by atoms with Crippen molar-refractivity contribution in [3.63, 3.8) is 0 Å². The van der Waals surface area contributed by atoms with Crippen molar-refractivity contribution < 1.29 is 77.1 Å². The van der Waals surface area contributed by atoms with Crippen LogP contribution in [0.15, 0.2) is 72.8 Å². The van der Waals surface area contributed by atoms with Crippen LogP contribution >= 0.6 is 0 Å². The zero-order chi connectivity index (χ0) is 59.8. The molecule has 0 aliphatic carbocycles. The molecule has 27 heteroatoms. The van der Waals surface area contributed by atoms with Gasteiger partial charge in [-0.1, -0.05) is 0 Å². The Hall–Kier alpha value is -9.34. The van der Waals surface area contributed by atoms with Gasteiger partial charge in [-0.05, 0) is 137 Å². The van der Waals surface area contributed by atoms with Gasteiger partial charge in [0.1, 0.15) is 41.1 Å². The summed E-state index contributed by atoms with van der Waals surface area (Å²) < 4.78 is 21.4. The van der Waals surface area contributed by atoms with Crippen molar-refractivity contribution in [2.24, 2.45) is 22.9 Å². The van der Waals surface area contributed by atoms with Crippen LogP contribution in [0, 0.1) is 0 Å². The zero-order valence-electron chi connectivity index (χ0n) is 45.1. The third-order valence-corrected chi connectivity index (χ3v) is 12.3. The second kappa shape index (κ2) is 31.9. The van der Waals surface area contributed by atoms with E-state index in [9.17, 15) is 53.1 Å². The number of nitrogens with one attached hydrogen (secondary N) is 7. The highest BCUT2D eigenvalue weighted by Gasteiger charge is 2.29. The summed E-state index contributed by atoms with van der Waals surface area (Å²) in [5.41, 5.74) is 22.8. The van der Waals surface area contributed by atoms with Gasteiger partial charge in [-0.2, -0.15) is 0 Å². The Bertz CT molecular complexity index is 2940. The molecule has 436 valence electrons. The first-order chi connectivity index (χ1) is 38.7. The maximum absolute atomic E-state index is 14.2. The second-order valence-electron chi connectivity index (χ2n) is 18.1. The van der Waals surface area contributed by atoms with Crippen LogP contribution in [0.3, 0.4) is 0 Å². The van der Waals surface area contributed by atoms with Crippen molar-refractivity contribution >= 4 is 81.9 Å². The number of nitrogens with two attached hydrogens (primary N) is 4. The number of amides is 8. The first-order valence-electron chi connectivity index (χ1n) is 25.4. The smallest absolute Gasteiger partial charge is 0.303 e. The molecule has 0 aromatic heterocycles. The molecule has 4 aromatic carbocycles. The predicted octanol–water partition coefficient (Wildman–Crippen LogP) is 2.28. The summed E-state index contributed by atoms with van der Waals surface area (Å²) in [7, 11) is 5.22. The number of carbonyl (C=O) groups is 10. The summed E-state index contributed by atoms with van der Waals surface area (Å²) in [6.45, 7) is 0.566. The van der Waals surface area contributed by atoms with E-state index in [1.165, 1.54) is 101 Å². The second-order valence-corrected chi connectivity index (χ2v) is 18.1. The first-order valence-corrected chi connectivity index (χ1v) is 25.4. The Balaban J connectivity index is 1.56. The van der Waals surface area contributed by atoms with Gasteiger partial charge < -0.3 is 89.3 Å². The van der Waals surface area contributed by atoms with Crippen LogP contribution in [0.1, 0.15) is 106 Å². The lowest BCUT2D eigenvalue weighted by molar-refractivity contribution is -0.138. The first kappa shape index (κ1) is 64.2. The number of carboxylic acids is 2. The average Bonchev–Trinajstić information content (AvgIpc) is 3.45. The van der Waals surface area contributed by atoms with Crippen molar-refractivity contribution in [1.82, 2.24) is 16.0 Å². The largest absolute Gasteiger partial charge is 0.496 e. The number of anilines is 4. The molecule has 27 nitrogen and oxygen atoms in total. The number of ether oxygens (including phenoxy) is 4. The van der Waals surface area contributed by atoms with E-state index < -0.39 is 89.8 Å². The molecule has 0 aliphatic heterocycles. The molecule has 0 unspecified atom stereocenters. The van der Waals surface area contributed by atoms with Crippen molar-refractivity contribution in [2.45, 2.75) is 88.4 Å². The molecule has 4 rings (SSSR count). The molecule has 4 aromatic rings. The van der Waals surface area contributed by atoms with Crippen molar-refractivity contribution in [3.8, 4) is 23.0 Å². The summed E-state index contributed by atoms with van der Waals surface area (Å²) in [4.78, 5) is 131. The van der Waals surface area contributed by atoms with Crippen molar-refractivity contribution in [1.29, 1.82) is 0 Å². The van der Waals surface area contributed by atoms with Crippen molar-refractivity contribution in [2.75, 3.05) is 62.8 Å². The molecule has 17 N–H and O–H groups in total. The number of rotatable bonds is 33. The molecule has 81 heavy (non-hydrogen) atoms. The number of carbonyl (C=O) groups excluding carboxylic acids is 8. The number of hydrogen-bond acceptors (Lipinski definition) is 17. The summed E-state index contributed by atoms with van der Waals surface area (Å²) in [5, 5.41) is 36.9. The number of aliphatic carboxylic acids is 2. The molecule has 0 saturated heterocycles. The molecule has 0 radical (unpaired) electrons. The SMILES string of the molecule is COc1ccc(NC(=O)[C@H](CCC(=O)O)NC(=O)c2cc(NC(=O)[C@H](CCCCN)NC(=O)c3cc(NC(=O)[C@H](CCCCN)NC(=O)c4cc(NC(=O)[C@@H](N)CCC(=O)O)ccc4OC)ccc3OC)ccc2OC)cc1C(N)=O. The van der Waals surface area contributed by atoms with Gasteiger partial charge in [0.25, 0.3) is 23.6 Å². The zero-order valence-corrected chi connectivity index (χ0v) is 45.1. The van der Waals surface area contributed by atoms with Gasteiger partial charge >= 0.3 is 11.9 Å². The van der Waals surface area contributed by atoms with Gasteiger partial charge in [0.15, 0.2) is 0 Å². The molecule has 0 heterocycles. The fourth-order valence-electron chi connectivity index (χ4n) is 7.97. The average molecular weight is 1130 g/mol. The summed E-state index contributed by atoms with van der Waals surface area (Å²) in [5.74, 6) is -8.35. The van der Waals surface area contributed by atoms with E-state index in [4.69, 9.17) is 47.0 Å². The molecular weight excluding hydrogens is 1060 g/mol. The van der Waals surface area contributed by atoms with Crippen LogP contribution in [0.5, 0.6) is 23.0 Å². The number of primary amides is 1. The monoisotopic (exact) mass is 1130 g/mol.